The molecule has 0 spiro atoms. The number of primary sulfonamides is 1. The predicted molar refractivity (Wildman–Crippen MR) is 113 cm³/mol. The molecule has 158 valence electrons. The fourth-order valence-corrected chi connectivity index (χ4v) is 4.22. The van der Waals surface area contributed by atoms with Crippen LogP contribution in [0.1, 0.15) is 23.1 Å². The Bertz CT molecular complexity index is 1080. The van der Waals surface area contributed by atoms with Crippen molar-refractivity contribution in [2.45, 2.75) is 24.0 Å². The molecule has 30 heavy (non-hydrogen) atoms. The minimum atomic E-state index is -3.90. The average Bonchev–Trinajstić information content (AvgIpc) is 3.45. The van der Waals surface area contributed by atoms with Crippen LogP contribution in [0.4, 0.5) is 0 Å². The molecule has 2 aromatic carbocycles. The van der Waals surface area contributed by atoms with Crippen LogP contribution in [-0.2, 0) is 23.0 Å². The molecule has 0 radical (unpaired) electrons. The number of imidazole rings is 1. The SMILES string of the molecule is NS(=O)(=O)c1cccc(-c2ccc(CNCCc3ncc[nH]3)cc2)c1C1NNNN1. The van der Waals surface area contributed by atoms with Crippen molar-refractivity contribution in [1.82, 2.24) is 37.2 Å². The first kappa shape index (κ1) is 20.6. The topological polar surface area (TPSA) is 149 Å². The number of hydrogen-bond acceptors (Lipinski definition) is 8. The molecule has 0 atom stereocenters. The highest BCUT2D eigenvalue weighted by Crippen LogP contribution is 2.32. The number of nitrogens with one attached hydrogen (secondary N) is 6. The van der Waals surface area contributed by atoms with Gasteiger partial charge >= 0.3 is 0 Å². The molecule has 11 heteroatoms. The summed E-state index contributed by atoms with van der Waals surface area (Å²) in [6.07, 6.45) is 3.92. The van der Waals surface area contributed by atoms with Crippen LogP contribution in [0.3, 0.4) is 0 Å². The van der Waals surface area contributed by atoms with E-state index in [2.05, 4.69) is 37.2 Å². The second-order valence-electron chi connectivity index (χ2n) is 6.89. The Balaban J connectivity index is 1.52. The van der Waals surface area contributed by atoms with E-state index in [1.807, 2.05) is 36.5 Å². The van der Waals surface area contributed by atoms with Gasteiger partial charge in [-0.3, -0.25) is 0 Å². The van der Waals surface area contributed by atoms with E-state index in [0.29, 0.717) is 5.56 Å². The minimum absolute atomic E-state index is 0.0687. The number of hydrogen-bond donors (Lipinski definition) is 7. The molecule has 2 heterocycles. The number of sulfonamides is 1. The van der Waals surface area contributed by atoms with Crippen LogP contribution in [0.25, 0.3) is 11.1 Å². The molecule has 4 rings (SSSR count). The fraction of sp³-hybridized carbons (Fsp3) is 0.211. The zero-order valence-electron chi connectivity index (χ0n) is 16.1. The second-order valence-corrected chi connectivity index (χ2v) is 8.42. The fourth-order valence-electron chi connectivity index (χ4n) is 3.41. The molecule has 8 N–H and O–H groups in total. The number of nitrogens with zero attached hydrogens (tertiary/aromatic N) is 1. The van der Waals surface area contributed by atoms with Gasteiger partial charge in [0.25, 0.3) is 0 Å². The van der Waals surface area contributed by atoms with E-state index in [1.54, 1.807) is 12.3 Å². The van der Waals surface area contributed by atoms with Gasteiger partial charge in [0.15, 0.2) is 0 Å². The Morgan fingerprint density at radius 1 is 1.07 bits per heavy atom. The van der Waals surface area contributed by atoms with Gasteiger partial charge in [0.05, 0.1) is 4.90 Å². The van der Waals surface area contributed by atoms with Crippen LogP contribution in [0.2, 0.25) is 0 Å². The molecule has 0 amide bonds. The molecule has 1 fully saturated rings. The van der Waals surface area contributed by atoms with Gasteiger partial charge in [-0.25, -0.2) is 29.4 Å². The second kappa shape index (κ2) is 9.02. The van der Waals surface area contributed by atoms with Crippen molar-refractivity contribution in [3.8, 4) is 11.1 Å². The highest BCUT2D eigenvalue weighted by molar-refractivity contribution is 7.89. The van der Waals surface area contributed by atoms with Crippen LogP contribution in [-0.4, -0.2) is 24.9 Å². The molecular formula is C19H24N8O2S. The summed E-state index contributed by atoms with van der Waals surface area (Å²) in [6.45, 7) is 1.54. The first-order chi connectivity index (χ1) is 14.5. The lowest BCUT2D eigenvalue weighted by molar-refractivity contribution is 0.540. The Morgan fingerprint density at radius 2 is 1.83 bits per heavy atom. The van der Waals surface area contributed by atoms with Gasteiger partial charge in [0.1, 0.15) is 12.0 Å². The highest BCUT2D eigenvalue weighted by atomic mass is 32.2. The number of benzene rings is 2. The molecule has 3 aromatic rings. The number of nitrogens with two attached hydrogens (primary N) is 1. The molecular weight excluding hydrogens is 404 g/mol. The van der Waals surface area contributed by atoms with Crippen LogP contribution >= 0.6 is 0 Å². The quantitative estimate of drug-likeness (QED) is 0.251. The average molecular weight is 429 g/mol. The highest BCUT2D eigenvalue weighted by Gasteiger charge is 2.26. The first-order valence-electron chi connectivity index (χ1n) is 9.47. The number of hydrazine groups is 3. The van der Waals surface area contributed by atoms with E-state index >= 15 is 0 Å². The molecule has 0 unspecified atom stereocenters. The summed E-state index contributed by atoms with van der Waals surface area (Å²) in [5, 5.41) is 8.85. The first-order valence-corrected chi connectivity index (χ1v) is 11.0. The van der Waals surface area contributed by atoms with Crippen molar-refractivity contribution in [1.29, 1.82) is 0 Å². The van der Waals surface area contributed by atoms with Gasteiger partial charge in [-0.1, -0.05) is 36.4 Å². The van der Waals surface area contributed by atoms with E-state index in [0.717, 1.165) is 42.0 Å². The number of aromatic amines is 1. The van der Waals surface area contributed by atoms with Crippen molar-refractivity contribution in [2.24, 2.45) is 5.14 Å². The third kappa shape index (κ3) is 4.74. The summed E-state index contributed by atoms with van der Waals surface area (Å²) >= 11 is 0. The molecule has 1 aliphatic heterocycles. The Morgan fingerprint density at radius 3 is 2.50 bits per heavy atom. The number of H-pyrrole nitrogens is 1. The Labute approximate surface area is 174 Å². The van der Waals surface area contributed by atoms with E-state index in [9.17, 15) is 8.42 Å². The molecule has 1 aliphatic rings. The Hall–Kier alpha value is -2.64. The van der Waals surface area contributed by atoms with Crippen molar-refractivity contribution in [3.63, 3.8) is 0 Å². The van der Waals surface area contributed by atoms with E-state index in [-0.39, 0.29) is 4.90 Å². The number of rotatable bonds is 8. The molecule has 0 aliphatic carbocycles. The number of aromatic nitrogens is 2. The lowest BCUT2D eigenvalue weighted by Crippen LogP contribution is -2.33. The van der Waals surface area contributed by atoms with Crippen molar-refractivity contribution in [3.05, 3.63) is 71.8 Å². The maximum atomic E-state index is 12.1. The molecule has 10 nitrogen and oxygen atoms in total. The molecule has 0 saturated carbocycles. The summed E-state index contributed by atoms with van der Waals surface area (Å²) in [4.78, 5) is 7.36. The van der Waals surface area contributed by atoms with Crippen LogP contribution in [0.5, 0.6) is 0 Å². The summed E-state index contributed by atoms with van der Waals surface area (Å²) in [6, 6.07) is 13.1. The Kier molecular flexibility index (Phi) is 6.20. The van der Waals surface area contributed by atoms with Crippen molar-refractivity contribution >= 4 is 10.0 Å². The third-order valence-corrected chi connectivity index (χ3v) is 5.81. The maximum Gasteiger partial charge on any atom is 0.238 e. The standard InChI is InChI=1S/C19H24N8O2S/c20-30(28,29)16-3-1-2-15(18(16)19-24-26-27-25-19)14-6-4-13(5-7-14)12-21-9-8-17-22-10-11-23-17/h1-7,10-11,19,21,24-27H,8-9,12H2,(H,22,23)(H2,20,28,29). The molecule has 1 aromatic heterocycles. The largest absolute Gasteiger partial charge is 0.349 e. The van der Waals surface area contributed by atoms with E-state index in [4.69, 9.17) is 5.14 Å². The van der Waals surface area contributed by atoms with Gasteiger partial charge in [0.2, 0.25) is 10.0 Å². The van der Waals surface area contributed by atoms with Crippen LogP contribution < -0.4 is 32.4 Å². The lowest BCUT2D eigenvalue weighted by Gasteiger charge is -2.19. The third-order valence-electron chi connectivity index (χ3n) is 4.84. The summed E-state index contributed by atoms with van der Waals surface area (Å²) in [7, 11) is -3.90. The molecule has 1 saturated heterocycles. The van der Waals surface area contributed by atoms with Crippen LogP contribution in [0.15, 0.2) is 59.8 Å². The van der Waals surface area contributed by atoms with Crippen molar-refractivity contribution in [2.75, 3.05) is 6.54 Å². The maximum absolute atomic E-state index is 12.1. The van der Waals surface area contributed by atoms with Crippen molar-refractivity contribution < 1.29 is 8.42 Å². The summed E-state index contributed by atoms with van der Waals surface area (Å²) in [5.41, 5.74) is 14.7. The van der Waals surface area contributed by atoms with Gasteiger partial charge in [-0.2, -0.15) is 11.1 Å². The van der Waals surface area contributed by atoms with Gasteiger partial charge in [-0.05, 0) is 22.8 Å². The molecule has 0 bridgehead atoms. The zero-order valence-corrected chi connectivity index (χ0v) is 17.0. The van der Waals surface area contributed by atoms with Gasteiger partial charge in [0, 0.05) is 37.5 Å². The monoisotopic (exact) mass is 428 g/mol. The normalized spacial score (nSPS) is 15.0. The zero-order chi connectivity index (χ0) is 21.0. The predicted octanol–water partition coefficient (Wildman–Crippen LogP) is 0.172. The van der Waals surface area contributed by atoms with E-state index in [1.165, 1.54) is 6.07 Å². The van der Waals surface area contributed by atoms with Gasteiger partial charge < -0.3 is 10.3 Å². The summed E-state index contributed by atoms with van der Waals surface area (Å²) < 4.78 is 24.3. The van der Waals surface area contributed by atoms with Crippen LogP contribution in [0, 0.1) is 0 Å². The van der Waals surface area contributed by atoms with Gasteiger partial charge in [-0.15, -0.1) is 0 Å². The lowest BCUT2D eigenvalue weighted by atomic mass is 9.97. The smallest absolute Gasteiger partial charge is 0.238 e. The summed E-state index contributed by atoms with van der Waals surface area (Å²) in [5.74, 6) is 0.957. The minimum Gasteiger partial charge on any atom is -0.349 e. The van der Waals surface area contributed by atoms with E-state index < -0.39 is 16.2 Å².